The van der Waals surface area contributed by atoms with Crippen LogP contribution < -0.4 is 10.6 Å². The van der Waals surface area contributed by atoms with Gasteiger partial charge in [-0.15, -0.1) is 0 Å². The molecule has 122 valence electrons. The molecule has 2 heterocycles. The second-order valence-corrected chi connectivity index (χ2v) is 6.23. The van der Waals surface area contributed by atoms with E-state index in [2.05, 4.69) is 34.6 Å². The van der Waals surface area contributed by atoms with Crippen molar-refractivity contribution in [3.63, 3.8) is 0 Å². The first-order chi connectivity index (χ1) is 11.2. The Labute approximate surface area is 136 Å². The van der Waals surface area contributed by atoms with E-state index in [1.807, 2.05) is 18.2 Å². The molecule has 0 bridgehead atoms. The first-order valence-corrected chi connectivity index (χ1v) is 8.13. The summed E-state index contributed by atoms with van der Waals surface area (Å²) < 4.78 is 5.48. The molecule has 6 nitrogen and oxygen atoms in total. The second-order valence-electron chi connectivity index (χ2n) is 6.23. The van der Waals surface area contributed by atoms with Crippen molar-refractivity contribution in [2.75, 3.05) is 18.4 Å². The Hall–Kier alpha value is -2.21. The average Bonchev–Trinajstić information content (AvgIpc) is 3.05. The summed E-state index contributed by atoms with van der Waals surface area (Å²) in [5, 5.41) is 18.4. The maximum atomic E-state index is 7.52. The Kier molecular flexibility index (Phi) is 4.71. The number of benzene rings is 1. The lowest BCUT2D eigenvalue weighted by molar-refractivity contribution is 0.320. The van der Waals surface area contributed by atoms with E-state index in [4.69, 9.17) is 9.93 Å². The fourth-order valence-electron chi connectivity index (χ4n) is 2.84. The SMILES string of the molecule is CC(C)Nc1cc(-c2noc(C3CCNCC3)n2)ccc1C=N. The molecular weight excluding hydrogens is 290 g/mol. The summed E-state index contributed by atoms with van der Waals surface area (Å²) in [6, 6.07) is 6.12. The van der Waals surface area contributed by atoms with Crippen molar-refractivity contribution in [2.45, 2.75) is 38.6 Å². The van der Waals surface area contributed by atoms with Gasteiger partial charge in [-0.2, -0.15) is 4.98 Å². The fraction of sp³-hybridized carbons (Fsp3) is 0.471. The number of aromatic nitrogens is 2. The standard InChI is InChI=1S/C17H23N5O/c1-11(2)20-15-9-13(3-4-14(15)10-18)16-21-17(23-22-16)12-5-7-19-8-6-12/h3-4,9-12,18-20H,5-8H2,1-2H3. The molecule has 23 heavy (non-hydrogen) atoms. The Morgan fingerprint density at radius 1 is 1.35 bits per heavy atom. The van der Waals surface area contributed by atoms with Crippen LogP contribution >= 0.6 is 0 Å². The molecule has 1 aliphatic heterocycles. The van der Waals surface area contributed by atoms with E-state index in [9.17, 15) is 0 Å². The van der Waals surface area contributed by atoms with Gasteiger partial charge in [0.25, 0.3) is 0 Å². The fourth-order valence-corrected chi connectivity index (χ4v) is 2.84. The van der Waals surface area contributed by atoms with Crippen LogP contribution in [0.4, 0.5) is 5.69 Å². The van der Waals surface area contributed by atoms with Crippen molar-refractivity contribution in [3.8, 4) is 11.4 Å². The van der Waals surface area contributed by atoms with Crippen LogP contribution in [0.2, 0.25) is 0 Å². The van der Waals surface area contributed by atoms with Crippen LogP contribution in [0.1, 0.15) is 44.1 Å². The van der Waals surface area contributed by atoms with E-state index in [0.29, 0.717) is 17.8 Å². The van der Waals surface area contributed by atoms with Crippen LogP contribution in [0.25, 0.3) is 11.4 Å². The Bertz CT molecular complexity index is 673. The molecule has 3 N–H and O–H groups in total. The zero-order valence-electron chi connectivity index (χ0n) is 13.6. The number of nitrogens with zero attached hydrogens (tertiary/aromatic N) is 2. The highest BCUT2D eigenvalue weighted by Crippen LogP contribution is 2.28. The summed E-state index contributed by atoms with van der Waals surface area (Å²) in [5.41, 5.74) is 2.67. The zero-order valence-corrected chi connectivity index (χ0v) is 13.6. The van der Waals surface area contributed by atoms with E-state index in [1.54, 1.807) is 0 Å². The molecule has 1 aliphatic rings. The van der Waals surface area contributed by atoms with Crippen LogP contribution in [-0.2, 0) is 0 Å². The second kappa shape index (κ2) is 6.91. The summed E-state index contributed by atoms with van der Waals surface area (Å²) in [5.74, 6) is 1.70. The van der Waals surface area contributed by atoms with Crippen molar-refractivity contribution < 1.29 is 4.52 Å². The lowest BCUT2D eigenvalue weighted by atomic mass is 9.98. The number of rotatable bonds is 5. The molecule has 1 aromatic carbocycles. The monoisotopic (exact) mass is 313 g/mol. The molecular formula is C17H23N5O. The van der Waals surface area contributed by atoms with Crippen molar-refractivity contribution in [2.24, 2.45) is 0 Å². The predicted octanol–water partition coefficient (Wildman–Crippen LogP) is 3.02. The van der Waals surface area contributed by atoms with Gasteiger partial charge in [0.1, 0.15) is 0 Å². The third-order valence-corrected chi connectivity index (χ3v) is 4.04. The van der Waals surface area contributed by atoms with Gasteiger partial charge in [-0.1, -0.05) is 17.3 Å². The third kappa shape index (κ3) is 3.59. The minimum absolute atomic E-state index is 0.291. The zero-order chi connectivity index (χ0) is 16.2. The Morgan fingerprint density at radius 2 is 2.13 bits per heavy atom. The highest BCUT2D eigenvalue weighted by molar-refractivity contribution is 5.87. The number of hydrogen-bond donors (Lipinski definition) is 3. The van der Waals surface area contributed by atoms with E-state index in [0.717, 1.165) is 48.6 Å². The Morgan fingerprint density at radius 3 is 2.83 bits per heavy atom. The minimum atomic E-state index is 0.291. The number of hydrogen-bond acceptors (Lipinski definition) is 6. The molecule has 3 rings (SSSR count). The first-order valence-electron chi connectivity index (χ1n) is 8.13. The van der Waals surface area contributed by atoms with Crippen molar-refractivity contribution in [1.29, 1.82) is 5.41 Å². The van der Waals surface area contributed by atoms with Gasteiger partial charge in [0.2, 0.25) is 11.7 Å². The highest BCUT2D eigenvalue weighted by atomic mass is 16.5. The maximum absolute atomic E-state index is 7.52. The van der Waals surface area contributed by atoms with Crippen LogP contribution in [0.15, 0.2) is 22.7 Å². The normalized spacial score (nSPS) is 15.8. The third-order valence-electron chi connectivity index (χ3n) is 4.04. The number of anilines is 1. The van der Waals surface area contributed by atoms with E-state index in [1.165, 1.54) is 6.21 Å². The van der Waals surface area contributed by atoms with Gasteiger partial charge >= 0.3 is 0 Å². The molecule has 0 atom stereocenters. The van der Waals surface area contributed by atoms with Gasteiger partial charge in [-0.25, -0.2) is 0 Å². The largest absolute Gasteiger partial charge is 0.382 e. The lowest BCUT2D eigenvalue weighted by Crippen LogP contribution is -2.26. The van der Waals surface area contributed by atoms with Crippen LogP contribution in [0.5, 0.6) is 0 Å². The van der Waals surface area contributed by atoms with Crippen molar-refractivity contribution in [1.82, 2.24) is 15.5 Å². The summed E-state index contributed by atoms with van der Waals surface area (Å²) in [6.07, 6.45) is 3.42. The van der Waals surface area contributed by atoms with Gasteiger partial charge in [0.05, 0.1) is 0 Å². The number of piperidine rings is 1. The number of nitrogens with one attached hydrogen (secondary N) is 3. The summed E-state index contributed by atoms with van der Waals surface area (Å²) in [7, 11) is 0. The molecule has 1 fully saturated rings. The molecule has 0 aliphatic carbocycles. The smallest absolute Gasteiger partial charge is 0.230 e. The molecule has 1 aromatic heterocycles. The summed E-state index contributed by atoms with van der Waals surface area (Å²) >= 11 is 0. The van der Waals surface area contributed by atoms with E-state index in [-0.39, 0.29) is 0 Å². The Balaban J connectivity index is 1.86. The lowest BCUT2D eigenvalue weighted by Gasteiger charge is -2.18. The predicted molar refractivity (Wildman–Crippen MR) is 91.2 cm³/mol. The van der Waals surface area contributed by atoms with E-state index < -0.39 is 0 Å². The van der Waals surface area contributed by atoms with Gasteiger partial charge in [0.15, 0.2) is 0 Å². The van der Waals surface area contributed by atoms with Gasteiger partial charge < -0.3 is 20.6 Å². The van der Waals surface area contributed by atoms with Gasteiger partial charge in [0, 0.05) is 35.0 Å². The molecule has 0 radical (unpaired) electrons. The van der Waals surface area contributed by atoms with Gasteiger partial charge in [-0.05, 0) is 45.8 Å². The van der Waals surface area contributed by atoms with E-state index >= 15 is 0 Å². The van der Waals surface area contributed by atoms with Crippen molar-refractivity contribution in [3.05, 3.63) is 29.7 Å². The average molecular weight is 313 g/mol. The maximum Gasteiger partial charge on any atom is 0.230 e. The molecule has 0 saturated carbocycles. The molecule has 0 spiro atoms. The van der Waals surface area contributed by atoms with Crippen LogP contribution in [-0.4, -0.2) is 35.5 Å². The molecule has 0 amide bonds. The quantitative estimate of drug-likeness (QED) is 0.739. The van der Waals surface area contributed by atoms with Crippen LogP contribution in [0.3, 0.4) is 0 Å². The van der Waals surface area contributed by atoms with Crippen molar-refractivity contribution >= 4 is 11.9 Å². The summed E-state index contributed by atoms with van der Waals surface area (Å²) in [6.45, 7) is 6.14. The molecule has 2 aromatic rings. The van der Waals surface area contributed by atoms with Gasteiger partial charge in [-0.3, -0.25) is 0 Å². The first kappa shape index (κ1) is 15.7. The minimum Gasteiger partial charge on any atom is -0.382 e. The molecule has 1 saturated heterocycles. The molecule has 6 heteroatoms. The summed E-state index contributed by atoms with van der Waals surface area (Å²) in [4.78, 5) is 4.59. The topological polar surface area (TPSA) is 86.8 Å². The highest BCUT2D eigenvalue weighted by Gasteiger charge is 2.22. The van der Waals surface area contributed by atoms with Crippen LogP contribution in [0, 0.1) is 5.41 Å². The molecule has 0 unspecified atom stereocenters.